The van der Waals surface area contributed by atoms with Gasteiger partial charge in [-0.1, -0.05) is 30.3 Å². The highest BCUT2D eigenvalue weighted by atomic mass is 16.5. The van der Waals surface area contributed by atoms with E-state index in [2.05, 4.69) is 5.32 Å². The van der Waals surface area contributed by atoms with Crippen LogP contribution in [-0.2, 0) is 25.7 Å². The van der Waals surface area contributed by atoms with Crippen LogP contribution in [0.4, 0.5) is 0 Å². The number of carbonyl (C=O) groups excluding carboxylic acids is 2. The first-order valence-corrected chi connectivity index (χ1v) is 7.39. The first-order chi connectivity index (χ1) is 11.0. The van der Waals surface area contributed by atoms with E-state index in [4.69, 9.17) is 15.6 Å². The van der Waals surface area contributed by atoms with Gasteiger partial charge in [0.2, 0.25) is 0 Å². The summed E-state index contributed by atoms with van der Waals surface area (Å²) >= 11 is 0. The van der Waals surface area contributed by atoms with Crippen LogP contribution in [-0.4, -0.2) is 47.9 Å². The van der Waals surface area contributed by atoms with E-state index < -0.39 is 29.8 Å². The van der Waals surface area contributed by atoms with Gasteiger partial charge in [0.05, 0.1) is 24.8 Å². The zero-order valence-corrected chi connectivity index (χ0v) is 12.6. The van der Waals surface area contributed by atoms with Crippen LogP contribution in [0.15, 0.2) is 30.3 Å². The monoisotopic (exact) mass is 320 g/mol. The third kappa shape index (κ3) is 4.44. The molecule has 1 aliphatic rings. The summed E-state index contributed by atoms with van der Waals surface area (Å²) in [6.45, 7) is 0.871. The molecule has 1 fully saturated rings. The molecule has 0 amide bonds. The summed E-state index contributed by atoms with van der Waals surface area (Å²) in [6, 6.07) is 7.61. The van der Waals surface area contributed by atoms with Crippen molar-refractivity contribution in [1.29, 1.82) is 0 Å². The Labute approximate surface area is 133 Å². The minimum absolute atomic E-state index is 0.189. The average Bonchev–Trinajstić information content (AvgIpc) is 3.02. The quantitative estimate of drug-likeness (QED) is 0.445. The predicted octanol–water partition coefficient (Wildman–Crippen LogP) is -0.270. The van der Waals surface area contributed by atoms with Crippen LogP contribution in [0.5, 0.6) is 0 Å². The molecule has 1 saturated heterocycles. The smallest absolute Gasteiger partial charge is 0.316 e. The maximum atomic E-state index is 12.3. The molecule has 124 valence electrons. The van der Waals surface area contributed by atoms with Crippen molar-refractivity contribution in [3.8, 4) is 0 Å². The van der Waals surface area contributed by atoms with E-state index in [-0.39, 0.29) is 12.4 Å². The molecule has 3 unspecified atom stereocenters. The molecule has 7 heteroatoms. The summed E-state index contributed by atoms with van der Waals surface area (Å²) in [4.78, 5) is 34.1. The van der Waals surface area contributed by atoms with Crippen LogP contribution >= 0.6 is 0 Å². The molecule has 0 bridgehead atoms. The van der Waals surface area contributed by atoms with Gasteiger partial charge in [0.25, 0.3) is 0 Å². The highest BCUT2D eigenvalue weighted by molar-refractivity contribution is 6.04. The van der Waals surface area contributed by atoms with E-state index >= 15 is 0 Å². The Kier molecular flexibility index (Phi) is 5.97. The highest BCUT2D eigenvalue weighted by Gasteiger charge is 2.40. The molecule has 1 heterocycles. The lowest BCUT2D eigenvalue weighted by Crippen LogP contribution is -2.48. The van der Waals surface area contributed by atoms with Gasteiger partial charge in [-0.15, -0.1) is 0 Å². The number of rotatable bonds is 8. The van der Waals surface area contributed by atoms with E-state index in [1.54, 1.807) is 0 Å². The second-order valence-corrected chi connectivity index (χ2v) is 5.55. The summed E-state index contributed by atoms with van der Waals surface area (Å²) in [5, 5.41) is 12.1. The topological polar surface area (TPSA) is 119 Å². The van der Waals surface area contributed by atoms with Crippen molar-refractivity contribution in [2.45, 2.75) is 31.2 Å². The molecule has 23 heavy (non-hydrogen) atoms. The van der Waals surface area contributed by atoms with Crippen LogP contribution < -0.4 is 11.1 Å². The Hall–Kier alpha value is -2.09. The van der Waals surface area contributed by atoms with E-state index in [0.717, 1.165) is 5.56 Å². The number of aliphatic carboxylic acids is 1. The lowest BCUT2D eigenvalue weighted by atomic mass is 9.91. The lowest BCUT2D eigenvalue weighted by molar-refractivity contribution is -0.148. The summed E-state index contributed by atoms with van der Waals surface area (Å²) in [6.07, 6.45) is 0.460. The number of hydrogen-bond acceptors (Lipinski definition) is 6. The van der Waals surface area contributed by atoms with Crippen molar-refractivity contribution >= 4 is 18.0 Å². The summed E-state index contributed by atoms with van der Waals surface area (Å²) < 4.78 is 5.73. The van der Waals surface area contributed by atoms with Crippen molar-refractivity contribution in [3.05, 3.63) is 35.9 Å². The number of ether oxygens (including phenoxy) is 1. The lowest BCUT2D eigenvalue weighted by Gasteiger charge is -2.18. The van der Waals surface area contributed by atoms with Gasteiger partial charge in [0.1, 0.15) is 12.2 Å². The second-order valence-electron chi connectivity index (χ2n) is 5.55. The highest BCUT2D eigenvalue weighted by Crippen LogP contribution is 2.17. The van der Waals surface area contributed by atoms with Crippen molar-refractivity contribution in [1.82, 2.24) is 5.32 Å². The number of carboxylic acid groups (broad SMARTS) is 1. The number of benzene rings is 1. The molecule has 1 aromatic rings. The van der Waals surface area contributed by atoms with Gasteiger partial charge in [0, 0.05) is 6.54 Å². The molecule has 0 aromatic heterocycles. The Bertz CT molecular complexity index is 563. The number of nitrogens with one attached hydrogen (secondary N) is 1. The fourth-order valence-electron chi connectivity index (χ4n) is 2.61. The van der Waals surface area contributed by atoms with Crippen LogP contribution in [0.3, 0.4) is 0 Å². The standard InChI is InChI=1S/C16H20N2O5/c17-12(8-19)14(16(21)22)15(20)13-6-11(7-18-13)23-9-10-4-2-1-3-5-10/h1-5,8,11-14,18H,6-7,9,17H2,(H,21,22)/t11?,12?,13-,14?/m0/s1. The molecule has 0 spiro atoms. The average molecular weight is 320 g/mol. The van der Waals surface area contributed by atoms with Crippen LogP contribution in [0, 0.1) is 5.92 Å². The largest absolute Gasteiger partial charge is 0.481 e. The Morgan fingerprint density at radius 1 is 1.39 bits per heavy atom. The maximum Gasteiger partial charge on any atom is 0.316 e. The van der Waals surface area contributed by atoms with E-state index in [1.165, 1.54) is 0 Å². The maximum absolute atomic E-state index is 12.3. The molecule has 0 aliphatic carbocycles. The van der Waals surface area contributed by atoms with Gasteiger partial charge in [-0.05, 0) is 12.0 Å². The van der Waals surface area contributed by atoms with Gasteiger partial charge in [-0.2, -0.15) is 0 Å². The van der Waals surface area contributed by atoms with Crippen molar-refractivity contribution in [2.24, 2.45) is 11.7 Å². The predicted molar refractivity (Wildman–Crippen MR) is 81.6 cm³/mol. The molecular formula is C16H20N2O5. The van der Waals surface area contributed by atoms with E-state index in [1.807, 2.05) is 30.3 Å². The minimum Gasteiger partial charge on any atom is -0.481 e. The molecule has 1 aromatic carbocycles. The third-order valence-corrected chi connectivity index (χ3v) is 3.88. The van der Waals surface area contributed by atoms with Crippen molar-refractivity contribution < 1.29 is 24.2 Å². The number of ketones is 1. The molecule has 1 aliphatic heterocycles. The van der Waals surface area contributed by atoms with Crippen molar-refractivity contribution in [2.75, 3.05) is 6.54 Å². The van der Waals surface area contributed by atoms with Crippen LogP contribution in [0.25, 0.3) is 0 Å². The third-order valence-electron chi connectivity index (χ3n) is 3.88. The van der Waals surface area contributed by atoms with E-state index in [9.17, 15) is 14.4 Å². The van der Waals surface area contributed by atoms with Gasteiger partial charge in [-0.3, -0.25) is 9.59 Å². The van der Waals surface area contributed by atoms with Gasteiger partial charge in [0.15, 0.2) is 5.78 Å². The number of nitrogens with two attached hydrogens (primary N) is 1. The van der Waals surface area contributed by atoms with Gasteiger partial charge < -0.3 is 25.7 Å². The summed E-state index contributed by atoms with van der Waals surface area (Å²) in [5.74, 6) is -3.49. The van der Waals surface area contributed by atoms with Crippen LogP contribution in [0.1, 0.15) is 12.0 Å². The van der Waals surface area contributed by atoms with Gasteiger partial charge >= 0.3 is 5.97 Å². The number of carbonyl (C=O) groups is 3. The number of Topliss-reactive ketones (excluding diaryl/α,β-unsaturated/α-hetero) is 1. The number of aldehydes is 1. The first-order valence-electron chi connectivity index (χ1n) is 7.39. The molecule has 0 radical (unpaired) electrons. The Morgan fingerprint density at radius 2 is 2.09 bits per heavy atom. The zero-order valence-electron chi connectivity index (χ0n) is 12.6. The first kappa shape index (κ1) is 17.3. The van der Waals surface area contributed by atoms with Crippen LogP contribution in [0.2, 0.25) is 0 Å². The Morgan fingerprint density at radius 3 is 2.70 bits per heavy atom. The summed E-state index contributed by atoms with van der Waals surface area (Å²) in [5.41, 5.74) is 6.45. The number of carboxylic acids is 1. The zero-order chi connectivity index (χ0) is 16.8. The van der Waals surface area contributed by atoms with Crippen molar-refractivity contribution in [3.63, 3.8) is 0 Å². The molecule has 4 atom stereocenters. The van der Waals surface area contributed by atoms with E-state index in [0.29, 0.717) is 19.6 Å². The second kappa shape index (κ2) is 7.96. The normalized spacial score (nSPS) is 23.2. The molecule has 4 N–H and O–H groups in total. The molecule has 2 rings (SSSR count). The fraction of sp³-hybridized carbons (Fsp3) is 0.438. The molecule has 0 saturated carbocycles. The molecule has 7 nitrogen and oxygen atoms in total. The summed E-state index contributed by atoms with van der Waals surface area (Å²) in [7, 11) is 0. The van der Waals surface area contributed by atoms with Gasteiger partial charge in [-0.25, -0.2) is 0 Å². The fourth-order valence-corrected chi connectivity index (χ4v) is 2.61. The molecular weight excluding hydrogens is 300 g/mol. The SMILES string of the molecule is NC(C=O)C(C(=O)O)C(=O)[C@@H]1CC(OCc2ccccc2)CN1. The number of hydrogen-bond donors (Lipinski definition) is 3. The Balaban J connectivity index is 1.89. The minimum atomic E-state index is -1.53.